The van der Waals surface area contributed by atoms with E-state index in [0.717, 1.165) is 0 Å². The Kier molecular flexibility index (Phi) is 1.97. The van der Waals surface area contributed by atoms with Crippen molar-refractivity contribution in [2.24, 2.45) is 5.41 Å². The SMILES string of the molecule is C=C(C)CC12CCN(CC1)NC2. The van der Waals surface area contributed by atoms with Crippen LogP contribution in [0.5, 0.6) is 0 Å². The Balaban J connectivity index is 2.03. The van der Waals surface area contributed by atoms with E-state index in [9.17, 15) is 0 Å². The Hall–Kier alpha value is -0.340. The highest BCUT2D eigenvalue weighted by Crippen LogP contribution is 2.39. The lowest BCUT2D eigenvalue weighted by Crippen LogP contribution is -2.58. The monoisotopic (exact) mass is 166 g/mol. The molecule has 0 radical (unpaired) electrons. The van der Waals surface area contributed by atoms with Gasteiger partial charge in [0.1, 0.15) is 0 Å². The molecule has 0 unspecified atom stereocenters. The van der Waals surface area contributed by atoms with Gasteiger partial charge in [-0.25, -0.2) is 5.01 Å². The van der Waals surface area contributed by atoms with Crippen molar-refractivity contribution < 1.29 is 0 Å². The standard InChI is InChI=1S/C10H18N2/c1-9(2)7-10-3-5-12(6-4-10)11-8-10/h11H,1,3-8H2,2H3. The second-order valence-corrected chi connectivity index (χ2v) is 4.46. The number of hydrazine groups is 1. The molecule has 0 aromatic carbocycles. The molecule has 0 aromatic rings. The molecule has 3 aliphatic heterocycles. The van der Waals surface area contributed by atoms with E-state index >= 15 is 0 Å². The van der Waals surface area contributed by atoms with Gasteiger partial charge in [-0.15, -0.1) is 6.58 Å². The molecule has 3 fully saturated rings. The first kappa shape index (κ1) is 8.27. The van der Waals surface area contributed by atoms with Crippen molar-refractivity contribution >= 4 is 0 Å². The van der Waals surface area contributed by atoms with Gasteiger partial charge in [0.05, 0.1) is 0 Å². The van der Waals surface area contributed by atoms with Gasteiger partial charge in [-0.3, -0.25) is 5.43 Å². The Labute approximate surface area is 74.6 Å². The van der Waals surface area contributed by atoms with Crippen LogP contribution in [0.3, 0.4) is 0 Å². The molecule has 68 valence electrons. The first-order valence-corrected chi connectivity index (χ1v) is 4.83. The summed E-state index contributed by atoms with van der Waals surface area (Å²) in [5.74, 6) is 0. The third-order valence-corrected chi connectivity index (χ3v) is 3.18. The number of nitrogens with zero attached hydrogens (tertiary/aromatic N) is 1. The van der Waals surface area contributed by atoms with Gasteiger partial charge in [-0.2, -0.15) is 0 Å². The van der Waals surface area contributed by atoms with Crippen LogP contribution in [0.1, 0.15) is 26.2 Å². The van der Waals surface area contributed by atoms with Crippen molar-refractivity contribution in [1.82, 2.24) is 10.4 Å². The van der Waals surface area contributed by atoms with Gasteiger partial charge in [0.15, 0.2) is 0 Å². The largest absolute Gasteiger partial charge is 0.255 e. The Morgan fingerprint density at radius 3 is 2.58 bits per heavy atom. The highest BCUT2D eigenvalue weighted by molar-refractivity contribution is 5.01. The number of hydrogen-bond donors (Lipinski definition) is 1. The van der Waals surface area contributed by atoms with Gasteiger partial charge < -0.3 is 0 Å². The summed E-state index contributed by atoms with van der Waals surface area (Å²) in [5, 5.41) is 2.35. The average Bonchev–Trinajstić information content (AvgIpc) is 2.05. The minimum Gasteiger partial charge on any atom is -0.255 e. The lowest BCUT2D eigenvalue weighted by molar-refractivity contribution is -0.0105. The number of fused-ring (bicyclic) bond motifs is 3. The molecule has 0 saturated carbocycles. The smallest absolute Gasteiger partial charge is 0.0163 e. The van der Waals surface area contributed by atoms with E-state index in [1.165, 1.54) is 44.5 Å². The topological polar surface area (TPSA) is 15.3 Å². The van der Waals surface area contributed by atoms with Crippen LogP contribution in [0.4, 0.5) is 0 Å². The molecular formula is C10H18N2. The lowest BCUT2D eigenvalue weighted by atomic mass is 9.73. The van der Waals surface area contributed by atoms with E-state index in [0.29, 0.717) is 5.41 Å². The summed E-state index contributed by atoms with van der Waals surface area (Å²) in [7, 11) is 0. The molecule has 2 heteroatoms. The molecule has 3 saturated heterocycles. The highest BCUT2D eigenvalue weighted by atomic mass is 15.5. The van der Waals surface area contributed by atoms with E-state index in [2.05, 4.69) is 23.9 Å². The molecule has 0 amide bonds. The van der Waals surface area contributed by atoms with Gasteiger partial charge in [-0.05, 0) is 31.6 Å². The Morgan fingerprint density at radius 1 is 1.50 bits per heavy atom. The van der Waals surface area contributed by atoms with E-state index < -0.39 is 0 Å². The van der Waals surface area contributed by atoms with Gasteiger partial charge in [0.2, 0.25) is 0 Å². The summed E-state index contributed by atoms with van der Waals surface area (Å²) in [6, 6.07) is 0. The minimum absolute atomic E-state index is 0.556. The maximum absolute atomic E-state index is 4.02. The Bertz CT molecular complexity index is 176. The molecular weight excluding hydrogens is 148 g/mol. The van der Waals surface area contributed by atoms with Gasteiger partial charge >= 0.3 is 0 Å². The first-order valence-electron chi connectivity index (χ1n) is 4.83. The molecule has 3 heterocycles. The van der Waals surface area contributed by atoms with E-state index in [-0.39, 0.29) is 0 Å². The van der Waals surface area contributed by atoms with Crippen LogP contribution in [-0.2, 0) is 0 Å². The van der Waals surface area contributed by atoms with E-state index in [4.69, 9.17) is 0 Å². The minimum atomic E-state index is 0.556. The van der Waals surface area contributed by atoms with Crippen LogP contribution in [0, 0.1) is 5.41 Å². The van der Waals surface area contributed by atoms with Crippen molar-refractivity contribution in [1.29, 1.82) is 0 Å². The normalized spacial score (nSPS) is 39.9. The molecule has 0 spiro atoms. The van der Waals surface area contributed by atoms with Crippen molar-refractivity contribution in [2.75, 3.05) is 19.6 Å². The molecule has 0 aromatic heterocycles. The first-order chi connectivity index (χ1) is 5.70. The second-order valence-electron chi connectivity index (χ2n) is 4.46. The van der Waals surface area contributed by atoms with Crippen molar-refractivity contribution in [2.45, 2.75) is 26.2 Å². The summed E-state index contributed by atoms with van der Waals surface area (Å²) < 4.78 is 0. The average molecular weight is 166 g/mol. The van der Waals surface area contributed by atoms with Crippen LogP contribution in [0.2, 0.25) is 0 Å². The predicted octanol–water partition coefficient (Wildman–Crippen LogP) is 1.55. The van der Waals surface area contributed by atoms with Crippen LogP contribution in [0.15, 0.2) is 12.2 Å². The fourth-order valence-electron chi connectivity index (χ4n) is 2.47. The summed E-state index contributed by atoms with van der Waals surface area (Å²) in [5.41, 5.74) is 5.35. The maximum Gasteiger partial charge on any atom is 0.0163 e. The molecule has 1 N–H and O–H groups in total. The number of hydrogen-bond acceptors (Lipinski definition) is 2. The number of allylic oxidation sites excluding steroid dienone is 1. The molecule has 3 rings (SSSR count). The molecule has 0 atom stereocenters. The van der Waals surface area contributed by atoms with E-state index in [1.54, 1.807) is 0 Å². The number of nitrogens with one attached hydrogen (secondary N) is 1. The lowest BCUT2D eigenvalue weighted by Gasteiger charge is -2.49. The van der Waals surface area contributed by atoms with Crippen LogP contribution >= 0.6 is 0 Å². The van der Waals surface area contributed by atoms with Gasteiger partial charge in [0, 0.05) is 19.6 Å². The third-order valence-electron chi connectivity index (χ3n) is 3.18. The van der Waals surface area contributed by atoms with Crippen molar-refractivity contribution in [3.05, 3.63) is 12.2 Å². The second kappa shape index (κ2) is 2.86. The molecule has 12 heavy (non-hydrogen) atoms. The summed E-state index contributed by atoms with van der Waals surface area (Å²) in [6.07, 6.45) is 3.92. The zero-order chi connectivity index (χ0) is 8.60. The van der Waals surface area contributed by atoms with Gasteiger partial charge in [-0.1, -0.05) is 5.57 Å². The van der Waals surface area contributed by atoms with Crippen molar-refractivity contribution in [3.63, 3.8) is 0 Å². The zero-order valence-corrected chi connectivity index (χ0v) is 7.90. The third kappa shape index (κ3) is 1.41. The van der Waals surface area contributed by atoms with Crippen LogP contribution < -0.4 is 5.43 Å². The van der Waals surface area contributed by atoms with Gasteiger partial charge in [0.25, 0.3) is 0 Å². The molecule has 2 bridgehead atoms. The molecule has 0 aliphatic carbocycles. The van der Waals surface area contributed by atoms with E-state index in [1.807, 2.05) is 0 Å². The van der Waals surface area contributed by atoms with Crippen LogP contribution in [-0.4, -0.2) is 24.6 Å². The molecule has 3 aliphatic rings. The zero-order valence-electron chi connectivity index (χ0n) is 7.90. The Morgan fingerprint density at radius 2 is 2.17 bits per heavy atom. The molecule has 2 nitrogen and oxygen atoms in total. The summed E-state index contributed by atoms with van der Waals surface area (Å²) >= 11 is 0. The number of rotatable bonds is 2. The number of piperidine rings is 1. The maximum atomic E-state index is 4.02. The summed E-state index contributed by atoms with van der Waals surface area (Å²) in [6.45, 7) is 9.79. The fourth-order valence-corrected chi connectivity index (χ4v) is 2.47. The fraction of sp³-hybridized carbons (Fsp3) is 0.800. The predicted molar refractivity (Wildman–Crippen MR) is 50.7 cm³/mol. The quantitative estimate of drug-likeness (QED) is 0.626. The van der Waals surface area contributed by atoms with Crippen molar-refractivity contribution in [3.8, 4) is 0 Å². The van der Waals surface area contributed by atoms with Crippen LogP contribution in [0.25, 0.3) is 0 Å². The summed E-state index contributed by atoms with van der Waals surface area (Å²) in [4.78, 5) is 0. The highest BCUT2D eigenvalue weighted by Gasteiger charge is 2.38.